The molecule has 0 aliphatic carbocycles. The molecule has 1 saturated heterocycles. The van der Waals surface area contributed by atoms with Crippen LogP contribution in [0.2, 0.25) is 0 Å². The lowest BCUT2D eigenvalue weighted by atomic mass is 9.95. The van der Waals surface area contributed by atoms with Crippen LogP contribution in [0.1, 0.15) is 23.6 Å². The first-order chi connectivity index (χ1) is 12.8. The number of hydrogen-bond acceptors (Lipinski definition) is 5. The van der Waals surface area contributed by atoms with Crippen molar-refractivity contribution < 1.29 is 18.6 Å². The van der Waals surface area contributed by atoms with Crippen LogP contribution in [0.4, 0.5) is 4.39 Å². The number of nitrogens with zero attached hydrogens (tertiary/aromatic N) is 1. The van der Waals surface area contributed by atoms with Crippen molar-refractivity contribution >= 4 is 0 Å². The molecule has 5 nitrogen and oxygen atoms in total. The summed E-state index contributed by atoms with van der Waals surface area (Å²) in [5.74, 6) is 1.90. The minimum atomic E-state index is -0.264. The number of benzene rings is 2. The van der Waals surface area contributed by atoms with Crippen LogP contribution < -0.4 is 19.5 Å². The Morgan fingerprint density at radius 2 is 1.96 bits per heavy atom. The van der Waals surface area contributed by atoms with E-state index in [4.69, 9.17) is 14.2 Å². The topological polar surface area (TPSA) is 43.0 Å². The zero-order chi connectivity index (χ0) is 17.9. The molecular formula is C20H23FN2O3. The van der Waals surface area contributed by atoms with E-state index >= 15 is 0 Å². The Labute approximate surface area is 152 Å². The second-order valence-corrected chi connectivity index (χ2v) is 6.54. The van der Waals surface area contributed by atoms with Gasteiger partial charge in [0, 0.05) is 25.2 Å². The molecule has 6 heteroatoms. The van der Waals surface area contributed by atoms with Crippen LogP contribution >= 0.6 is 0 Å². The maximum absolute atomic E-state index is 14.1. The van der Waals surface area contributed by atoms with E-state index in [9.17, 15) is 4.39 Å². The highest BCUT2D eigenvalue weighted by atomic mass is 19.1. The molecule has 0 bridgehead atoms. The molecule has 2 aliphatic heterocycles. The Morgan fingerprint density at radius 1 is 1.08 bits per heavy atom. The van der Waals surface area contributed by atoms with E-state index in [2.05, 4.69) is 10.2 Å². The van der Waals surface area contributed by atoms with E-state index < -0.39 is 0 Å². The first-order valence-electron chi connectivity index (χ1n) is 8.94. The summed E-state index contributed by atoms with van der Waals surface area (Å²) in [6.07, 6.45) is 1.04. The van der Waals surface area contributed by atoms with Gasteiger partial charge in [0.1, 0.15) is 11.6 Å². The Hall–Kier alpha value is -2.31. The minimum Gasteiger partial charge on any atom is -0.496 e. The van der Waals surface area contributed by atoms with Gasteiger partial charge in [0.05, 0.1) is 13.2 Å². The van der Waals surface area contributed by atoms with E-state index in [0.717, 1.165) is 55.2 Å². The molecule has 138 valence electrons. The SMILES string of the molecule is COc1ccc(F)cc1C(c1ccc2c(c1)OCO2)N1CCCNCC1. The molecule has 1 unspecified atom stereocenters. The summed E-state index contributed by atoms with van der Waals surface area (Å²) in [6.45, 7) is 3.92. The zero-order valence-electron chi connectivity index (χ0n) is 14.8. The third-order valence-electron chi connectivity index (χ3n) is 4.94. The fraction of sp³-hybridized carbons (Fsp3) is 0.400. The molecule has 4 rings (SSSR count). The van der Waals surface area contributed by atoms with Gasteiger partial charge in [0.25, 0.3) is 0 Å². The normalized spacial score (nSPS) is 18.4. The van der Waals surface area contributed by atoms with E-state index in [-0.39, 0.29) is 18.7 Å². The van der Waals surface area contributed by atoms with Gasteiger partial charge in [-0.2, -0.15) is 0 Å². The smallest absolute Gasteiger partial charge is 0.231 e. The van der Waals surface area contributed by atoms with Gasteiger partial charge in [-0.05, 0) is 48.9 Å². The van der Waals surface area contributed by atoms with Crippen molar-refractivity contribution in [3.05, 3.63) is 53.3 Å². The van der Waals surface area contributed by atoms with Gasteiger partial charge < -0.3 is 19.5 Å². The predicted molar refractivity (Wildman–Crippen MR) is 96.4 cm³/mol. The van der Waals surface area contributed by atoms with E-state index in [1.165, 1.54) is 6.07 Å². The van der Waals surface area contributed by atoms with Crippen molar-refractivity contribution in [1.29, 1.82) is 0 Å². The minimum absolute atomic E-state index is 0.116. The molecule has 0 amide bonds. The van der Waals surface area contributed by atoms with Crippen molar-refractivity contribution in [2.45, 2.75) is 12.5 Å². The monoisotopic (exact) mass is 358 g/mol. The second kappa shape index (κ2) is 7.51. The fourth-order valence-corrected chi connectivity index (χ4v) is 3.71. The Kier molecular flexibility index (Phi) is 4.95. The first kappa shape index (κ1) is 17.1. The largest absolute Gasteiger partial charge is 0.496 e. The van der Waals surface area contributed by atoms with Gasteiger partial charge in [-0.1, -0.05) is 6.07 Å². The van der Waals surface area contributed by atoms with Crippen LogP contribution in [-0.2, 0) is 0 Å². The lowest BCUT2D eigenvalue weighted by Gasteiger charge is -2.32. The van der Waals surface area contributed by atoms with Crippen molar-refractivity contribution in [2.75, 3.05) is 40.1 Å². The number of halogens is 1. The summed E-state index contributed by atoms with van der Waals surface area (Å²) in [5, 5.41) is 3.42. The summed E-state index contributed by atoms with van der Waals surface area (Å²) >= 11 is 0. The molecule has 1 N–H and O–H groups in total. The molecule has 2 aromatic carbocycles. The third kappa shape index (κ3) is 3.34. The molecule has 1 atom stereocenters. The molecule has 0 radical (unpaired) electrons. The highest BCUT2D eigenvalue weighted by molar-refractivity contribution is 5.49. The van der Waals surface area contributed by atoms with Crippen LogP contribution in [0.15, 0.2) is 36.4 Å². The number of nitrogens with one attached hydrogen (secondary N) is 1. The highest BCUT2D eigenvalue weighted by Gasteiger charge is 2.28. The molecular weight excluding hydrogens is 335 g/mol. The Balaban J connectivity index is 1.80. The maximum atomic E-state index is 14.1. The quantitative estimate of drug-likeness (QED) is 0.910. The van der Waals surface area contributed by atoms with Crippen molar-refractivity contribution in [1.82, 2.24) is 10.2 Å². The second-order valence-electron chi connectivity index (χ2n) is 6.54. The number of hydrogen-bond donors (Lipinski definition) is 1. The predicted octanol–water partition coefficient (Wildman–Crippen LogP) is 2.95. The number of fused-ring (bicyclic) bond motifs is 1. The average Bonchev–Trinajstić information content (AvgIpc) is 2.96. The summed E-state index contributed by atoms with van der Waals surface area (Å²) in [5.41, 5.74) is 1.87. The van der Waals surface area contributed by atoms with Crippen molar-refractivity contribution in [3.8, 4) is 17.2 Å². The summed E-state index contributed by atoms with van der Waals surface area (Å²) in [7, 11) is 1.62. The van der Waals surface area contributed by atoms with Crippen LogP contribution in [0.5, 0.6) is 17.2 Å². The molecule has 26 heavy (non-hydrogen) atoms. The highest BCUT2D eigenvalue weighted by Crippen LogP contribution is 2.40. The van der Waals surface area contributed by atoms with Gasteiger partial charge >= 0.3 is 0 Å². The van der Waals surface area contributed by atoms with E-state index in [1.54, 1.807) is 19.2 Å². The van der Waals surface area contributed by atoms with E-state index in [0.29, 0.717) is 5.75 Å². The van der Waals surface area contributed by atoms with Crippen LogP contribution in [0.25, 0.3) is 0 Å². The van der Waals surface area contributed by atoms with Crippen LogP contribution in [-0.4, -0.2) is 45.0 Å². The van der Waals surface area contributed by atoms with Crippen LogP contribution in [0.3, 0.4) is 0 Å². The molecule has 0 aromatic heterocycles. The molecule has 0 spiro atoms. The average molecular weight is 358 g/mol. The molecule has 2 aromatic rings. The van der Waals surface area contributed by atoms with Crippen molar-refractivity contribution in [2.24, 2.45) is 0 Å². The molecule has 1 fully saturated rings. The summed E-state index contributed by atoms with van der Waals surface area (Å²) in [4.78, 5) is 2.37. The number of methoxy groups -OCH3 is 1. The van der Waals surface area contributed by atoms with Gasteiger partial charge in [-0.25, -0.2) is 4.39 Å². The van der Waals surface area contributed by atoms with Gasteiger partial charge in [0.15, 0.2) is 11.5 Å². The molecule has 2 heterocycles. The van der Waals surface area contributed by atoms with Gasteiger partial charge in [-0.3, -0.25) is 4.90 Å². The van der Waals surface area contributed by atoms with Gasteiger partial charge in [-0.15, -0.1) is 0 Å². The summed E-state index contributed by atoms with van der Waals surface area (Å²) < 4.78 is 30.6. The maximum Gasteiger partial charge on any atom is 0.231 e. The number of ether oxygens (including phenoxy) is 3. The Morgan fingerprint density at radius 3 is 2.85 bits per heavy atom. The zero-order valence-corrected chi connectivity index (χ0v) is 14.8. The van der Waals surface area contributed by atoms with Crippen LogP contribution in [0, 0.1) is 5.82 Å². The standard InChI is InChI=1S/C20H23FN2O3/c1-24-17-6-4-15(21)12-16(17)20(23-9-2-7-22-8-10-23)14-3-5-18-19(11-14)26-13-25-18/h3-6,11-12,20,22H,2,7-10,13H2,1H3. The van der Waals surface area contributed by atoms with Gasteiger partial charge in [0.2, 0.25) is 6.79 Å². The molecule has 2 aliphatic rings. The fourth-order valence-electron chi connectivity index (χ4n) is 3.71. The third-order valence-corrected chi connectivity index (χ3v) is 4.94. The first-order valence-corrected chi connectivity index (χ1v) is 8.94. The van der Waals surface area contributed by atoms with Crippen molar-refractivity contribution in [3.63, 3.8) is 0 Å². The Bertz CT molecular complexity index is 776. The van der Waals surface area contributed by atoms with E-state index in [1.807, 2.05) is 18.2 Å². The lowest BCUT2D eigenvalue weighted by Crippen LogP contribution is -2.33. The summed E-state index contributed by atoms with van der Waals surface area (Å²) in [6, 6.07) is 10.5. The lowest BCUT2D eigenvalue weighted by molar-refractivity contribution is 0.173. The number of rotatable bonds is 4. The molecule has 0 saturated carbocycles.